The van der Waals surface area contributed by atoms with Crippen molar-refractivity contribution in [1.82, 2.24) is 0 Å². The fraction of sp³-hybridized carbons (Fsp3) is 0.818. The third kappa shape index (κ3) is 4.25. The fourth-order valence-electron chi connectivity index (χ4n) is 9.23. The summed E-state index contributed by atoms with van der Waals surface area (Å²) < 4.78 is 0. The first-order chi connectivity index (χ1) is 15.2. The summed E-state index contributed by atoms with van der Waals surface area (Å²) in [5.41, 5.74) is 2.05. The summed E-state index contributed by atoms with van der Waals surface area (Å²) in [5, 5.41) is 0.739. The normalized spacial score (nSPS) is 35.6. The second-order valence-corrected chi connectivity index (χ2v) is 19.2. The zero-order valence-corrected chi connectivity index (χ0v) is 26.7. The van der Waals surface area contributed by atoms with Crippen LogP contribution in [0.25, 0.3) is 0 Å². The van der Waals surface area contributed by atoms with Crippen molar-refractivity contribution in [2.45, 2.75) is 132 Å². The van der Waals surface area contributed by atoms with E-state index in [0.717, 1.165) is 0 Å². The van der Waals surface area contributed by atoms with Gasteiger partial charge in [0.25, 0.3) is 0 Å². The molecule has 1 aliphatic rings. The van der Waals surface area contributed by atoms with E-state index < -0.39 is 0 Å². The molecule has 0 heterocycles. The molecule has 0 N–H and O–H groups in total. The van der Waals surface area contributed by atoms with E-state index in [1.807, 2.05) is 0 Å². The Bertz CT molecular complexity index is 793. The lowest BCUT2D eigenvalue weighted by molar-refractivity contribution is -0.138. The maximum absolute atomic E-state index is 2.68. The van der Waals surface area contributed by atoms with Gasteiger partial charge in [-0.25, -0.2) is 0 Å². The fourth-order valence-corrected chi connectivity index (χ4v) is 15.4. The Balaban J connectivity index is 3.23. The van der Waals surface area contributed by atoms with Gasteiger partial charge >= 0.3 is 0 Å². The highest BCUT2D eigenvalue weighted by molar-refractivity contribution is 7.62. The van der Waals surface area contributed by atoms with Crippen molar-refractivity contribution in [3.05, 3.63) is 35.9 Å². The van der Waals surface area contributed by atoms with Crippen LogP contribution in [0.4, 0.5) is 0 Å². The van der Waals surface area contributed by atoms with E-state index in [1.165, 1.54) is 0 Å². The van der Waals surface area contributed by atoms with E-state index >= 15 is 0 Å². The van der Waals surface area contributed by atoms with Crippen molar-refractivity contribution in [2.24, 2.45) is 40.4 Å². The molecule has 1 fully saturated rings. The average molecular weight is 487 g/mol. The Morgan fingerprint density at radius 2 is 1.06 bits per heavy atom. The second-order valence-electron chi connectivity index (χ2n) is 15.0. The molecule has 6 unspecified atom stereocenters. The molecule has 2 rings (SSSR count). The predicted molar refractivity (Wildman–Crippen MR) is 157 cm³/mol. The van der Waals surface area contributed by atoms with Gasteiger partial charge in [0.05, 0.1) is 0 Å². The van der Waals surface area contributed by atoms with Gasteiger partial charge in [-0.2, -0.15) is 0 Å². The molecular formula is C33H59P. The predicted octanol–water partition coefficient (Wildman–Crippen LogP) is 10.9. The lowest BCUT2D eigenvalue weighted by Gasteiger charge is -2.74. The number of rotatable bonds is 5. The number of benzene rings is 1. The van der Waals surface area contributed by atoms with Gasteiger partial charge in [0.2, 0.25) is 0 Å². The molecule has 1 heteroatoms. The van der Waals surface area contributed by atoms with Gasteiger partial charge in [0.1, 0.15) is 0 Å². The largest absolute Gasteiger partial charge is 0.0881 e. The molecule has 1 aromatic rings. The summed E-state index contributed by atoms with van der Waals surface area (Å²) in [7, 11) is -0.372. The summed E-state index contributed by atoms with van der Waals surface area (Å²) in [4.78, 5) is 0. The standard InChI is InChI=1S/C33H59P/c1-22(2)31(15)25(7)32(16,23(3)4)28(27-20-18-17-19-21-27)33(24(5)6,26(31)8)34(29(9,10)11)30(12,13)14/h17-26,28H,1-16H3. The highest BCUT2D eigenvalue weighted by atomic mass is 31.1. The maximum atomic E-state index is 2.68. The molecule has 0 spiro atoms. The van der Waals surface area contributed by atoms with Gasteiger partial charge in [0.15, 0.2) is 0 Å². The van der Waals surface area contributed by atoms with Crippen molar-refractivity contribution >= 4 is 7.92 Å². The molecule has 0 saturated heterocycles. The van der Waals surface area contributed by atoms with Crippen LogP contribution in [0.15, 0.2) is 30.3 Å². The SMILES string of the molecule is CC(C)C1(C)C(C)C(C)(C(C)C)C(c2ccccc2)C(C(C)C)(P(C(C)(C)C)C(C)(C)C)C1C. The molecule has 1 saturated carbocycles. The van der Waals surface area contributed by atoms with Crippen molar-refractivity contribution in [3.63, 3.8) is 0 Å². The Morgan fingerprint density at radius 3 is 1.38 bits per heavy atom. The quantitative estimate of drug-likeness (QED) is 0.363. The van der Waals surface area contributed by atoms with Crippen LogP contribution in [-0.4, -0.2) is 15.5 Å². The van der Waals surface area contributed by atoms with Crippen molar-refractivity contribution in [1.29, 1.82) is 0 Å². The van der Waals surface area contributed by atoms with Crippen molar-refractivity contribution < 1.29 is 0 Å². The molecular weight excluding hydrogens is 427 g/mol. The summed E-state index contributed by atoms with van der Waals surface area (Å²) >= 11 is 0. The molecule has 6 atom stereocenters. The van der Waals surface area contributed by atoms with Crippen LogP contribution in [0.2, 0.25) is 0 Å². The lowest BCUT2D eigenvalue weighted by Crippen LogP contribution is -2.69. The number of hydrogen-bond donors (Lipinski definition) is 0. The van der Waals surface area contributed by atoms with Gasteiger partial charge in [-0.15, -0.1) is 0 Å². The van der Waals surface area contributed by atoms with Gasteiger partial charge in [-0.05, 0) is 62.2 Å². The molecule has 0 amide bonds. The van der Waals surface area contributed by atoms with Crippen LogP contribution in [0.5, 0.6) is 0 Å². The first-order valence-electron chi connectivity index (χ1n) is 14.1. The topological polar surface area (TPSA) is 0 Å². The third-order valence-corrected chi connectivity index (χ3v) is 15.5. The molecule has 34 heavy (non-hydrogen) atoms. The highest BCUT2D eigenvalue weighted by Gasteiger charge is 2.71. The van der Waals surface area contributed by atoms with Crippen LogP contribution in [0.1, 0.15) is 122 Å². The molecule has 0 bridgehead atoms. The molecule has 196 valence electrons. The van der Waals surface area contributed by atoms with E-state index in [-0.39, 0.29) is 34.2 Å². The Hall–Kier alpha value is -0.350. The van der Waals surface area contributed by atoms with E-state index in [2.05, 4.69) is 141 Å². The Morgan fingerprint density at radius 1 is 0.647 bits per heavy atom. The van der Waals surface area contributed by atoms with Crippen LogP contribution in [-0.2, 0) is 0 Å². The summed E-state index contributed by atoms with van der Waals surface area (Å²) in [6.45, 7) is 41.2. The van der Waals surface area contributed by atoms with Crippen molar-refractivity contribution in [2.75, 3.05) is 0 Å². The minimum atomic E-state index is -0.372. The van der Waals surface area contributed by atoms with Gasteiger partial charge in [-0.1, -0.05) is 149 Å². The second kappa shape index (κ2) is 9.51. The molecule has 0 aliphatic heterocycles. The van der Waals surface area contributed by atoms with Crippen LogP contribution in [0.3, 0.4) is 0 Å². The smallest absolute Gasteiger partial charge is 0.00429 e. The minimum absolute atomic E-state index is 0.203. The van der Waals surface area contributed by atoms with E-state index in [4.69, 9.17) is 0 Å². The van der Waals surface area contributed by atoms with Crippen LogP contribution in [0, 0.1) is 40.4 Å². The molecule has 0 nitrogen and oxygen atoms in total. The first kappa shape index (κ1) is 29.9. The van der Waals surface area contributed by atoms with Gasteiger partial charge < -0.3 is 0 Å². The Kier molecular flexibility index (Phi) is 8.36. The zero-order valence-electron chi connectivity index (χ0n) is 25.8. The van der Waals surface area contributed by atoms with Gasteiger partial charge in [0, 0.05) is 5.16 Å². The Labute approximate surface area is 216 Å². The number of hydrogen-bond acceptors (Lipinski definition) is 0. The zero-order chi connectivity index (χ0) is 26.7. The molecule has 0 aromatic heterocycles. The first-order valence-corrected chi connectivity index (χ1v) is 15.4. The summed E-state index contributed by atoms with van der Waals surface area (Å²) in [5.74, 6) is 3.62. The van der Waals surface area contributed by atoms with Crippen molar-refractivity contribution in [3.8, 4) is 0 Å². The maximum Gasteiger partial charge on any atom is 0.00429 e. The molecule has 0 radical (unpaired) electrons. The molecule has 1 aliphatic carbocycles. The van der Waals surface area contributed by atoms with Crippen LogP contribution >= 0.6 is 7.92 Å². The van der Waals surface area contributed by atoms with Gasteiger partial charge in [-0.3, -0.25) is 0 Å². The summed E-state index contributed by atoms with van der Waals surface area (Å²) in [6.07, 6.45) is 0. The van der Waals surface area contributed by atoms with E-state index in [1.54, 1.807) is 5.56 Å². The van der Waals surface area contributed by atoms with Crippen LogP contribution < -0.4 is 0 Å². The third-order valence-electron chi connectivity index (χ3n) is 10.9. The highest BCUT2D eigenvalue weighted by Crippen LogP contribution is 2.83. The molecule has 1 aromatic carbocycles. The minimum Gasteiger partial charge on any atom is -0.0881 e. The van der Waals surface area contributed by atoms with E-state index in [0.29, 0.717) is 35.5 Å². The monoisotopic (exact) mass is 486 g/mol. The summed E-state index contributed by atoms with van der Waals surface area (Å²) in [6, 6.07) is 11.7. The average Bonchev–Trinajstić information content (AvgIpc) is 2.68. The van der Waals surface area contributed by atoms with E-state index in [9.17, 15) is 0 Å². The lowest BCUT2D eigenvalue weighted by atomic mass is 9.38.